The highest BCUT2D eigenvalue weighted by molar-refractivity contribution is 5.69. The first-order valence-corrected chi connectivity index (χ1v) is 5.12. The molecule has 6 heteroatoms. The Morgan fingerprint density at radius 2 is 1.88 bits per heavy atom. The highest BCUT2D eigenvalue weighted by Gasteiger charge is 2.23. The molecule has 0 bridgehead atoms. The Morgan fingerprint density at radius 1 is 1.35 bits per heavy atom. The third-order valence-electron chi connectivity index (χ3n) is 2.24. The Hall–Kier alpha value is -1.40. The minimum absolute atomic E-state index is 0.0353. The van der Waals surface area contributed by atoms with Crippen LogP contribution in [0, 0.1) is 18.6 Å². The molecular formula is C11H17F2N3O. The molecule has 17 heavy (non-hydrogen) atoms. The van der Waals surface area contributed by atoms with Gasteiger partial charge in [-0.05, 0) is 32.4 Å². The van der Waals surface area contributed by atoms with Gasteiger partial charge in [-0.1, -0.05) is 0 Å². The third kappa shape index (κ3) is 3.04. The minimum Gasteiger partial charge on any atom is -0.397 e. The van der Waals surface area contributed by atoms with E-state index in [0.717, 1.165) is 5.01 Å². The lowest BCUT2D eigenvalue weighted by molar-refractivity contribution is 0.0872. The zero-order chi connectivity index (χ0) is 13.4. The number of aliphatic hydroxyl groups is 1. The molecular weight excluding hydrogens is 228 g/mol. The Bertz CT molecular complexity index is 430. The van der Waals surface area contributed by atoms with Crippen molar-refractivity contribution in [2.24, 2.45) is 5.84 Å². The highest BCUT2D eigenvalue weighted by atomic mass is 19.2. The molecule has 0 aliphatic carbocycles. The fraction of sp³-hybridized carbons (Fsp3) is 0.455. The maximum atomic E-state index is 13.7. The SMILES string of the molecule is Cc1cc(N)c(N(N)CC(C)(C)O)c(F)c1F. The van der Waals surface area contributed by atoms with Gasteiger partial charge < -0.3 is 15.8 Å². The van der Waals surface area contributed by atoms with E-state index in [1.165, 1.54) is 26.8 Å². The van der Waals surface area contributed by atoms with Crippen LogP contribution >= 0.6 is 0 Å². The Balaban J connectivity index is 3.18. The molecule has 1 aromatic carbocycles. The summed E-state index contributed by atoms with van der Waals surface area (Å²) in [7, 11) is 0. The molecule has 0 spiro atoms. The summed E-state index contributed by atoms with van der Waals surface area (Å²) in [5, 5.41) is 10.5. The first kappa shape index (κ1) is 13.7. The van der Waals surface area contributed by atoms with Gasteiger partial charge in [-0.3, -0.25) is 0 Å². The molecule has 0 radical (unpaired) electrons. The average Bonchev–Trinajstić information content (AvgIpc) is 2.11. The molecule has 96 valence electrons. The Kier molecular flexibility index (Phi) is 3.59. The van der Waals surface area contributed by atoms with Crippen molar-refractivity contribution in [1.29, 1.82) is 0 Å². The van der Waals surface area contributed by atoms with Crippen LogP contribution in [0.5, 0.6) is 0 Å². The predicted molar refractivity (Wildman–Crippen MR) is 63.3 cm³/mol. The standard InChI is InChI=1S/C11H17F2N3O/c1-6-4-7(14)10(9(13)8(6)12)16(15)5-11(2,3)17/h4,17H,5,14-15H2,1-3H3. The van der Waals surface area contributed by atoms with E-state index in [1.54, 1.807) is 0 Å². The van der Waals surface area contributed by atoms with E-state index in [9.17, 15) is 13.9 Å². The summed E-state index contributed by atoms with van der Waals surface area (Å²) in [6.07, 6.45) is 0. The van der Waals surface area contributed by atoms with E-state index >= 15 is 0 Å². The number of nitrogens with zero attached hydrogens (tertiary/aromatic N) is 1. The van der Waals surface area contributed by atoms with Gasteiger partial charge in [0.1, 0.15) is 5.69 Å². The summed E-state index contributed by atoms with van der Waals surface area (Å²) in [4.78, 5) is 0. The van der Waals surface area contributed by atoms with Crippen molar-refractivity contribution in [3.8, 4) is 0 Å². The molecule has 0 aliphatic rings. The van der Waals surface area contributed by atoms with Crippen molar-refractivity contribution < 1.29 is 13.9 Å². The maximum absolute atomic E-state index is 13.7. The normalized spacial score (nSPS) is 11.7. The zero-order valence-electron chi connectivity index (χ0n) is 10.1. The summed E-state index contributed by atoms with van der Waals surface area (Å²) in [6.45, 7) is 4.35. The lowest BCUT2D eigenvalue weighted by Gasteiger charge is -2.28. The summed E-state index contributed by atoms with van der Waals surface area (Å²) < 4.78 is 27.1. The molecule has 1 aromatic rings. The number of rotatable bonds is 3. The molecule has 1 rings (SSSR count). The number of hydrazine groups is 1. The van der Waals surface area contributed by atoms with E-state index in [4.69, 9.17) is 11.6 Å². The number of halogens is 2. The van der Waals surface area contributed by atoms with Crippen molar-refractivity contribution in [2.75, 3.05) is 17.3 Å². The van der Waals surface area contributed by atoms with Crippen molar-refractivity contribution in [2.45, 2.75) is 26.4 Å². The van der Waals surface area contributed by atoms with Crippen molar-refractivity contribution in [3.05, 3.63) is 23.3 Å². The number of hydrogen-bond donors (Lipinski definition) is 3. The lowest BCUT2D eigenvalue weighted by Crippen LogP contribution is -2.44. The number of aryl methyl sites for hydroxylation is 1. The molecule has 0 aliphatic heterocycles. The Labute approximate surface area is 98.8 Å². The van der Waals surface area contributed by atoms with Gasteiger partial charge in [-0.15, -0.1) is 0 Å². The second-order valence-electron chi connectivity index (χ2n) is 4.70. The topological polar surface area (TPSA) is 75.5 Å². The minimum atomic E-state index is -1.14. The van der Waals surface area contributed by atoms with Gasteiger partial charge in [0, 0.05) is 0 Å². The van der Waals surface area contributed by atoms with Crippen molar-refractivity contribution in [1.82, 2.24) is 0 Å². The molecule has 0 unspecified atom stereocenters. The fourth-order valence-electron chi connectivity index (χ4n) is 1.56. The molecule has 0 saturated carbocycles. The molecule has 0 saturated heterocycles. The predicted octanol–water partition coefficient (Wildman–Crippen LogP) is 1.31. The van der Waals surface area contributed by atoms with Crippen LogP contribution in [0.25, 0.3) is 0 Å². The van der Waals surface area contributed by atoms with Crippen LogP contribution in [-0.4, -0.2) is 17.3 Å². The Morgan fingerprint density at radius 3 is 2.35 bits per heavy atom. The van der Waals surface area contributed by atoms with Gasteiger partial charge in [0.05, 0.1) is 17.8 Å². The average molecular weight is 245 g/mol. The second-order valence-corrected chi connectivity index (χ2v) is 4.70. The van der Waals surface area contributed by atoms with Crippen LogP contribution in [0.1, 0.15) is 19.4 Å². The second kappa shape index (κ2) is 4.46. The quantitative estimate of drug-likeness (QED) is 0.426. The third-order valence-corrected chi connectivity index (χ3v) is 2.24. The summed E-state index contributed by atoms with van der Waals surface area (Å²) in [6, 6.07) is 1.30. The molecule has 0 heterocycles. The maximum Gasteiger partial charge on any atom is 0.185 e. The van der Waals surface area contributed by atoms with Crippen LogP contribution in [0.15, 0.2) is 6.07 Å². The summed E-state index contributed by atoms with van der Waals surface area (Å²) in [5.74, 6) is 3.50. The van der Waals surface area contributed by atoms with E-state index in [2.05, 4.69) is 0 Å². The fourth-order valence-corrected chi connectivity index (χ4v) is 1.56. The van der Waals surface area contributed by atoms with Gasteiger partial charge in [-0.2, -0.15) is 0 Å². The van der Waals surface area contributed by atoms with E-state index in [-0.39, 0.29) is 23.5 Å². The molecule has 0 amide bonds. The van der Waals surface area contributed by atoms with Gasteiger partial charge >= 0.3 is 0 Å². The van der Waals surface area contributed by atoms with Gasteiger partial charge in [0.15, 0.2) is 11.6 Å². The number of benzene rings is 1. The number of hydrogen-bond acceptors (Lipinski definition) is 4. The first-order chi connectivity index (χ1) is 7.63. The zero-order valence-corrected chi connectivity index (χ0v) is 10.1. The van der Waals surface area contributed by atoms with Crippen LogP contribution in [0.3, 0.4) is 0 Å². The van der Waals surface area contributed by atoms with Crippen molar-refractivity contribution >= 4 is 11.4 Å². The van der Waals surface area contributed by atoms with E-state index in [1.807, 2.05) is 0 Å². The summed E-state index contributed by atoms with van der Waals surface area (Å²) in [5.41, 5.74) is 4.36. The number of nitrogen functional groups attached to an aromatic ring is 1. The van der Waals surface area contributed by atoms with Crippen molar-refractivity contribution in [3.63, 3.8) is 0 Å². The molecule has 0 aromatic heterocycles. The van der Waals surface area contributed by atoms with Gasteiger partial charge in [0.2, 0.25) is 0 Å². The van der Waals surface area contributed by atoms with Crippen LogP contribution in [-0.2, 0) is 0 Å². The molecule has 0 atom stereocenters. The molecule has 0 fully saturated rings. The molecule has 4 nitrogen and oxygen atoms in total. The van der Waals surface area contributed by atoms with Gasteiger partial charge in [0.25, 0.3) is 0 Å². The highest BCUT2D eigenvalue weighted by Crippen LogP contribution is 2.30. The number of nitrogens with two attached hydrogens (primary N) is 2. The lowest BCUT2D eigenvalue weighted by atomic mass is 10.1. The first-order valence-electron chi connectivity index (χ1n) is 5.12. The molecule has 5 N–H and O–H groups in total. The largest absolute Gasteiger partial charge is 0.397 e. The van der Waals surface area contributed by atoms with E-state index in [0.29, 0.717) is 0 Å². The van der Waals surface area contributed by atoms with Crippen LogP contribution in [0.4, 0.5) is 20.2 Å². The number of anilines is 2. The van der Waals surface area contributed by atoms with Gasteiger partial charge in [-0.25, -0.2) is 14.6 Å². The summed E-state index contributed by atoms with van der Waals surface area (Å²) >= 11 is 0. The monoisotopic (exact) mass is 245 g/mol. The van der Waals surface area contributed by atoms with Crippen LogP contribution < -0.4 is 16.6 Å². The smallest absolute Gasteiger partial charge is 0.185 e. The van der Waals surface area contributed by atoms with Crippen LogP contribution in [0.2, 0.25) is 0 Å². The van der Waals surface area contributed by atoms with E-state index < -0.39 is 17.2 Å².